The molecule has 2 aliphatic rings. The van der Waals surface area contributed by atoms with Gasteiger partial charge in [-0.1, -0.05) is 25.1 Å². The second-order valence-electron chi connectivity index (χ2n) is 6.83. The van der Waals surface area contributed by atoms with Crippen molar-refractivity contribution in [2.24, 2.45) is 22.6 Å². The molecule has 0 aliphatic carbocycles. The minimum Gasteiger partial charge on any atom is -0.371 e. The molecule has 4 nitrogen and oxygen atoms in total. The summed E-state index contributed by atoms with van der Waals surface area (Å²) in [6.07, 6.45) is 3.77. The zero-order valence-electron chi connectivity index (χ0n) is 13.6. The fraction of sp³-hybridized carbons (Fsp3) is 0.611. The Balaban J connectivity index is 1.51. The zero-order chi connectivity index (χ0) is 15.4. The van der Waals surface area contributed by atoms with Crippen LogP contribution in [0.1, 0.15) is 26.2 Å². The van der Waals surface area contributed by atoms with Crippen molar-refractivity contribution in [3.05, 3.63) is 30.3 Å². The van der Waals surface area contributed by atoms with E-state index in [0.717, 1.165) is 44.6 Å². The van der Waals surface area contributed by atoms with E-state index < -0.39 is 0 Å². The third kappa shape index (κ3) is 3.73. The van der Waals surface area contributed by atoms with E-state index in [0.29, 0.717) is 5.92 Å². The van der Waals surface area contributed by atoms with Gasteiger partial charge in [-0.05, 0) is 43.2 Å². The van der Waals surface area contributed by atoms with Crippen molar-refractivity contribution in [3.8, 4) is 0 Å². The lowest BCUT2D eigenvalue weighted by Gasteiger charge is -2.31. The van der Waals surface area contributed by atoms with Gasteiger partial charge >= 0.3 is 0 Å². The summed E-state index contributed by atoms with van der Waals surface area (Å²) in [4.78, 5) is 9.41. The van der Waals surface area contributed by atoms with Crippen LogP contribution in [0.3, 0.4) is 0 Å². The summed E-state index contributed by atoms with van der Waals surface area (Å²) in [5, 5.41) is 0. The summed E-state index contributed by atoms with van der Waals surface area (Å²) in [7, 11) is 0. The van der Waals surface area contributed by atoms with Gasteiger partial charge in [0, 0.05) is 38.4 Å². The Hall–Kier alpha value is -1.71. The van der Waals surface area contributed by atoms with Crippen LogP contribution in [0.2, 0.25) is 0 Å². The van der Waals surface area contributed by atoms with E-state index in [1.54, 1.807) is 0 Å². The SMILES string of the molecule is CC1CCCN(C(N)=NCC2CCN(c3ccccc3)C2)C1. The number of nitrogens with two attached hydrogens (primary N) is 1. The Kier molecular flexibility index (Phi) is 4.86. The molecule has 22 heavy (non-hydrogen) atoms. The molecule has 2 atom stereocenters. The van der Waals surface area contributed by atoms with Crippen molar-refractivity contribution in [1.29, 1.82) is 0 Å². The highest BCUT2D eigenvalue weighted by atomic mass is 15.3. The lowest BCUT2D eigenvalue weighted by Crippen LogP contribution is -2.43. The summed E-state index contributed by atoms with van der Waals surface area (Å²) in [5.74, 6) is 2.12. The second-order valence-corrected chi connectivity index (χ2v) is 6.83. The van der Waals surface area contributed by atoms with E-state index in [4.69, 9.17) is 5.73 Å². The number of guanidine groups is 1. The van der Waals surface area contributed by atoms with Gasteiger partial charge in [-0.3, -0.25) is 4.99 Å². The molecule has 2 N–H and O–H groups in total. The zero-order valence-corrected chi connectivity index (χ0v) is 13.6. The van der Waals surface area contributed by atoms with E-state index in [1.165, 1.54) is 24.9 Å². The first-order valence-electron chi connectivity index (χ1n) is 8.57. The third-order valence-electron chi connectivity index (χ3n) is 4.90. The molecular weight excluding hydrogens is 272 g/mol. The number of likely N-dealkylation sites (tertiary alicyclic amines) is 1. The van der Waals surface area contributed by atoms with Crippen molar-refractivity contribution >= 4 is 11.6 Å². The first-order valence-corrected chi connectivity index (χ1v) is 8.57. The Morgan fingerprint density at radius 2 is 2.00 bits per heavy atom. The van der Waals surface area contributed by atoms with Crippen LogP contribution in [0, 0.1) is 11.8 Å². The van der Waals surface area contributed by atoms with Crippen molar-refractivity contribution in [2.75, 3.05) is 37.6 Å². The standard InChI is InChI=1S/C18H28N4/c1-15-6-5-10-22(13-15)18(19)20-12-16-9-11-21(14-16)17-7-3-2-4-8-17/h2-4,7-8,15-16H,5-6,9-14H2,1H3,(H2,19,20). The lowest BCUT2D eigenvalue weighted by atomic mass is 10.0. The Morgan fingerprint density at radius 3 is 2.77 bits per heavy atom. The summed E-state index contributed by atoms with van der Waals surface area (Å²) >= 11 is 0. The van der Waals surface area contributed by atoms with Gasteiger partial charge in [-0.2, -0.15) is 0 Å². The van der Waals surface area contributed by atoms with Crippen LogP contribution in [0.15, 0.2) is 35.3 Å². The molecule has 1 aromatic rings. The van der Waals surface area contributed by atoms with E-state index in [2.05, 4.69) is 52.0 Å². The monoisotopic (exact) mass is 300 g/mol. The van der Waals surface area contributed by atoms with E-state index in [-0.39, 0.29) is 0 Å². The lowest BCUT2D eigenvalue weighted by molar-refractivity contribution is 0.270. The highest BCUT2D eigenvalue weighted by Gasteiger charge is 2.23. The van der Waals surface area contributed by atoms with Gasteiger partial charge in [0.1, 0.15) is 0 Å². The summed E-state index contributed by atoms with van der Waals surface area (Å²) in [6, 6.07) is 10.7. The number of para-hydroxylation sites is 1. The van der Waals surface area contributed by atoms with Crippen LogP contribution in [-0.4, -0.2) is 43.6 Å². The summed E-state index contributed by atoms with van der Waals surface area (Å²) in [5.41, 5.74) is 7.52. The number of benzene rings is 1. The van der Waals surface area contributed by atoms with Gasteiger partial charge in [0.2, 0.25) is 0 Å². The predicted octanol–water partition coefficient (Wildman–Crippen LogP) is 2.56. The Bertz CT molecular complexity index is 499. The molecular formula is C18H28N4. The van der Waals surface area contributed by atoms with Crippen LogP contribution in [0.25, 0.3) is 0 Å². The molecule has 1 aromatic carbocycles. The quantitative estimate of drug-likeness (QED) is 0.689. The first-order chi connectivity index (χ1) is 10.7. The minimum absolute atomic E-state index is 0.626. The molecule has 0 spiro atoms. The normalized spacial score (nSPS) is 26.5. The first kappa shape index (κ1) is 15.2. The maximum Gasteiger partial charge on any atom is 0.191 e. The fourth-order valence-electron chi connectivity index (χ4n) is 3.58. The number of hydrogen-bond donors (Lipinski definition) is 1. The number of aliphatic imine (C=N–C) groups is 1. The molecule has 2 aliphatic heterocycles. The third-order valence-corrected chi connectivity index (χ3v) is 4.90. The molecule has 4 heteroatoms. The maximum absolute atomic E-state index is 6.20. The molecule has 120 valence electrons. The van der Waals surface area contributed by atoms with Crippen LogP contribution in [-0.2, 0) is 0 Å². The highest BCUT2D eigenvalue weighted by Crippen LogP contribution is 2.23. The fourth-order valence-corrected chi connectivity index (χ4v) is 3.58. The van der Waals surface area contributed by atoms with Crippen molar-refractivity contribution in [1.82, 2.24) is 4.90 Å². The van der Waals surface area contributed by atoms with Gasteiger partial charge in [-0.15, -0.1) is 0 Å². The molecule has 0 radical (unpaired) electrons. The average Bonchev–Trinajstić information content (AvgIpc) is 3.02. The van der Waals surface area contributed by atoms with Crippen molar-refractivity contribution in [2.45, 2.75) is 26.2 Å². The van der Waals surface area contributed by atoms with Gasteiger partial charge in [0.25, 0.3) is 0 Å². The number of piperidine rings is 1. The molecule has 0 aromatic heterocycles. The highest BCUT2D eigenvalue weighted by molar-refractivity contribution is 5.78. The van der Waals surface area contributed by atoms with E-state index in [9.17, 15) is 0 Å². The van der Waals surface area contributed by atoms with Crippen LogP contribution < -0.4 is 10.6 Å². The van der Waals surface area contributed by atoms with Crippen LogP contribution in [0.4, 0.5) is 5.69 Å². The Labute approximate surface area is 134 Å². The van der Waals surface area contributed by atoms with E-state index in [1.807, 2.05) is 0 Å². The molecule has 2 unspecified atom stereocenters. The number of rotatable bonds is 3. The molecule has 2 heterocycles. The summed E-state index contributed by atoms with van der Waals surface area (Å²) < 4.78 is 0. The molecule has 3 rings (SSSR count). The molecule has 0 amide bonds. The van der Waals surface area contributed by atoms with Crippen molar-refractivity contribution < 1.29 is 0 Å². The number of nitrogens with zero attached hydrogens (tertiary/aromatic N) is 3. The van der Waals surface area contributed by atoms with Gasteiger partial charge in [0.05, 0.1) is 0 Å². The van der Waals surface area contributed by atoms with Crippen LogP contribution in [0.5, 0.6) is 0 Å². The topological polar surface area (TPSA) is 44.9 Å². The number of hydrogen-bond acceptors (Lipinski definition) is 2. The largest absolute Gasteiger partial charge is 0.371 e. The van der Waals surface area contributed by atoms with Gasteiger partial charge in [0.15, 0.2) is 5.96 Å². The molecule has 0 bridgehead atoms. The van der Waals surface area contributed by atoms with Crippen molar-refractivity contribution in [3.63, 3.8) is 0 Å². The maximum atomic E-state index is 6.20. The van der Waals surface area contributed by atoms with Gasteiger partial charge < -0.3 is 15.5 Å². The Morgan fingerprint density at radius 1 is 1.18 bits per heavy atom. The van der Waals surface area contributed by atoms with E-state index >= 15 is 0 Å². The second kappa shape index (κ2) is 7.03. The smallest absolute Gasteiger partial charge is 0.191 e. The van der Waals surface area contributed by atoms with Gasteiger partial charge in [-0.25, -0.2) is 0 Å². The number of anilines is 1. The van der Waals surface area contributed by atoms with Crippen LogP contribution >= 0.6 is 0 Å². The molecule has 2 fully saturated rings. The average molecular weight is 300 g/mol. The predicted molar refractivity (Wildman–Crippen MR) is 93.2 cm³/mol. The minimum atomic E-state index is 0.626. The summed E-state index contributed by atoms with van der Waals surface area (Å²) in [6.45, 7) is 7.52. The molecule has 0 saturated carbocycles. The molecule has 2 saturated heterocycles.